The van der Waals surface area contributed by atoms with E-state index in [9.17, 15) is 23.6 Å². The minimum absolute atomic E-state index is 0.00560. The molecule has 1 aliphatic carbocycles. The number of rotatable bonds is 6. The Bertz CT molecular complexity index is 1110. The number of likely N-dealkylation sites (tertiary alicyclic amines) is 1. The summed E-state index contributed by atoms with van der Waals surface area (Å²) in [6.07, 6.45) is 1.64. The minimum Gasteiger partial charge on any atom is -0.483 e. The third-order valence-corrected chi connectivity index (χ3v) is 5.66. The lowest BCUT2D eigenvalue weighted by molar-refractivity contribution is -0.161. The number of alkyl halides is 2. The third kappa shape index (κ3) is 5.09. The van der Waals surface area contributed by atoms with Crippen LogP contribution in [0.5, 0.6) is 5.75 Å². The molecule has 2 fully saturated rings. The van der Waals surface area contributed by atoms with Crippen molar-refractivity contribution < 1.29 is 28.2 Å². The molecule has 1 aliphatic heterocycles. The van der Waals surface area contributed by atoms with Gasteiger partial charge in [0.1, 0.15) is 18.4 Å². The second-order valence-electron chi connectivity index (χ2n) is 8.15. The molecule has 1 atom stereocenters. The zero-order valence-electron chi connectivity index (χ0n) is 17.6. The Hall–Kier alpha value is -3.58. The number of pyridine rings is 1. The van der Waals surface area contributed by atoms with Crippen LogP contribution in [-0.4, -0.2) is 58.5 Å². The van der Waals surface area contributed by atoms with E-state index in [4.69, 9.17) is 9.84 Å². The summed E-state index contributed by atoms with van der Waals surface area (Å²) in [7, 11) is 0. The molecule has 33 heavy (non-hydrogen) atoms. The lowest BCUT2D eigenvalue weighted by Crippen LogP contribution is -2.55. The van der Waals surface area contributed by atoms with E-state index in [-0.39, 0.29) is 36.1 Å². The molecule has 2 aromatic rings. The van der Waals surface area contributed by atoms with Crippen LogP contribution < -0.4 is 10.1 Å². The van der Waals surface area contributed by atoms with E-state index in [0.29, 0.717) is 16.9 Å². The van der Waals surface area contributed by atoms with Crippen LogP contribution in [0.3, 0.4) is 0 Å². The molecule has 0 radical (unpaired) electrons. The number of hydrogen-bond acceptors (Lipinski definition) is 6. The molecule has 1 aromatic carbocycles. The molecule has 0 unspecified atom stereocenters. The molecule has 10 heteroatoms. The van der Waals surface area contributed by atoms with Crippen molar-refractivity contribution >= 4 is 17.5 Å². The summed E-state index contributed by atoms with van der Waals surface area (Å²) in [5.74, 6) is -4.09. The summed E-state index contributed by atoms with van der Waals surface area (Å²) in [4.78, 5) is 28.7. The fourth-order valence-electron chi connectivity index (χ4n) is 3.67. The van der Waals surface area contributed by atoms with Gasteiger partial charge >= 0.3 is 5.92 Å². The maximum Gasteiger partial charge on any atom is 0.301 e. The topological polar surface area (TPSA) is 116 Å². The summed E-state index contributed by atoms with van der Waals surface area (Å²) in [5.41, 5.74) is 1.72. The number of aliphatic hydroxyl groups is 1. The highest BCUT2D eigenvalue weighted by Gasteiger charge is 2.47. The first-order valence-electron chi connectivity index (χ1n) is 10.6. The molecule has 1 saturated carbocycles. The van der Waals surface area contributed by atoms with E-state index < -0.39 is 31.1 Å². The fraction of sp³-hybridized carbons (Fsp3) is 0.391. The van der Waals surface area contributed by atoms with Gasteiger partial charge in [0.05, 0.1) is 17.8 Å². The number of halogens is 2. The average Bonchev–Trinajstić information content (AvgIpc) is 3.65. The molecule has 2 N–H and O–H groups in total. The van der Waals surface area contributed by atoms with Gasteiger partial charge in [-0.3, -0.25) is 14.6 Å². The van der Waals surface area contributed by atoms with Gasteiger partial charge in [-0.25, -0.2) is 8.78 Å². The predicted octanol–water partition coefficient (Wildman–Crippen LogP) is 2.58. The molecule has 8 nitrogen and oxygen atoms in total. The number of aliphatic hydroxyl groups excluding tert-OH is 1. The molecule has 1 saturated heterocycles. The summed E-state index contributed by atoms with van der Waals surface area (Å²) in [6.45, 7) is -1.68. The number of nitriles is 1. The quantitative estimate of drug-likeness (QED) is 0.690. The number of piperidine rings is 1. The van der Waals surface area contributed by atoms with Crippen LogP contribution in [0.1, 0.15) is 24.8 Å². The number of hydrogen-bond donors (Lipinski definition) is 2. The largest absolute Gasteiger partial charge is 0.483 e. The summed E-state index contributed by atoms with van der Waals surface area (Å²) < 4.78 is 34.6. The minimum atomic E-state index is -3.34. The van der Waals surface area contributed by atoms with Crippen LogP contribution in [0.4, 0.5) is 14.5 Å². The van der Waals surface area contributed by atoms with Crippen LogP contribution in [0.2, 0.25) is 0 Å². The Labute approximate surface area is 188 Å². The van der Waals surface area contributed by atoms with Gasteiger partial charge in [-0.05, 0) is 43.2 Å². The Morgan fingerprint density at radius 1 is 1.27 bits per heavy atom. The van der Waals surface area contributed by atoms with Crippen molar-refractivity contribution in [1.29, 1.82) is 5.26 Å². The van der Waals surface area contributed by atoms with Crippen LogP contribution in [0.25, 0.3) is 11.3 Å². The van der Waals surface area contributed by atoms with Gasteiger partial charge in [0, 0.05) is 36.3 Å². The smallest absolute Gasteiger partial charge is 0.301 e. The average molecular weight is 456 g/mol. The Morgan fingerprint density at radius 2 is 2.06 bits per heavy atom. The molecule has 0 spiro atoms. The first-order valence-corrected chi connectivity index (χ1v) is 10.6. The maximum atomic E-state index is 14.6. The monoisotopic (exact) mass is 456 g/mol. The number of benzene rings is 1. The molecule has 2 amide bonds. The normalized spacial score (nSPS) is 19.5. The van der Waals surface area contributed by atoms with Crippen LogP contribution >= 0.6 is 0 Å². The third-order valence-electron chi connectivity index (χ3n) is 5.66. The second kappa shape index (κ2) is 9.11. The molecule has 1 aromatic heterocycles. The van der Waals surface area contributed by atoms with Crippen molar-refractivity contribution in [2.75, 3.05) is 25.0 Å². The number of carbonyl (C=O) groups excluding carboxylic acids is 2. The predicted molar refractivity (Wildman–Crippen MR) is 113 cm³/mol. The van der Waals surface area contributed by atoms with E-state index in [1.807, 2.05) is 6.07 Å². The van der Waals surface area contributed by atoms with E-state index >= 15 is 0 Å². The highest BCUT2D eigenvalue weighted by Crippen LogP contribution is 2.34. The Morgan fingerprint density at radius 3 is 2.73 bits per heavy atom. The van der Waals surface area contributed by atoms with Gasteiger partial charge in [-0.2, -0.15) is 5.26 Å². The molecule has 2 aliphatic rings. The van der Waals surface area contributed by atoms with E-state index in [2.05, 4.69) is 10.3 Å². The number of ether oxygens (including phenoxy) is 1. The lowest BCUT2D eigenvalue weighted by atomic mass is 10.0. The molecule has 4 rings (SSSR count). The number of carbonyl (C=O) groups is 2. The van der Waals surface area contributed by atoms with Crippen LogP contribution in [0, 0.1) is 17.2 Å². The summed E-state index contributed by atoms with van der Waals surface area (Å²) >= 11 is 0. The molecular formula is C23H22F2N4O4. The van der Waals surface area contributed by atoms with Crippen molar-refractivity contribution in [2.24, 2.45) is 5.92 Å². The number of nitrogens with one attached hydrogen (secondary N) is 1. The number of nitrogens with zero attached hydrogens (tertiary/aromatic N) is 3. The van der Waals surface area contributed by atoms with Crippen molar-refractivity contribution in [1.82, 2.24) is 9.88 Å². The first kappa shape index (κ1) is 22.6. The van der Waals surface area contributed by atoms with Crippen LogP contribution in [0.15, 0.2) is 36.5 Å². The molecule has 2 heterocycles. The van der Waals surface area contributed by atoms with Crippen molar-refractivity contribution in [3.8, 4) is 23.1 Å². The number of aromatic nitrogens is 1. The Balaban J connectivity index is 1.50. The van der Waals surface area contributed by atoms with E-state index in [0.717, 1.165) is 17.7 Å². The number of anilines is 1. The Kier molecular flexibility index (Phi) is 6.24. The molecule has 172 valence electrons. The fourth-order valence-corrected chi connectivity index (χ4v) is 3.67. The van der Waals surface area contributed by atoms with Crippen LogP contribution in [-0.2, 0) is 9.59 Å². The van der Waals surface area contributed by atoms with E-state index in [1.54, 1.807) is 18.2 Å². The van der Waals surface area contributed by atoms with Gasteiger partial charge in [-0.1, -0.05) is 0 Å². The van der Waals surface area contributed by atoms with Gasteiger partial charge in [0.2, 0.25) is 11.8 Å². The van der Waals surface area contributed by atoms with Crippen molar-refractivity contribution in [2.45, 2.75) is 31.3 Å². The zero-order valence-corrected chi connectivity index (χ0v) is 17.6. The zero-order chi connectivity index (χ0) is 23.6. The van der Waals surface area contributed by atoms with Gasteiger partial charge in [-0.15, -0.1) is 0 Å². The highest BCUT2D eigenvalue weighted by molar-refractivity contribution is 5.94. The second-order valence-corrected chi connectivity index (χ2v) is 8.15. The number of amides is 2. The summed E-state index contributed by atoms with van der Waals surface area (Å²) in [6, 6.07) is 9.85. The van der Waals surface area contributed by atoms with Gasteiger partial charge in [0.25, 0.3) is 0 Å². The standard InChI is InChI=1S/C23H22F2N4O4/c24-23(25)13-29(21(31)12-30)8-6-20(23)33-19-4-3-15(9-16(19)11-26)18-10-17(5-7-27-18)28-22(32)14-1-2-14/h3-5,7,9-10,14,20,30H,1-2,6,8,12-13H2,(H,27,28,32)/t20-/m1/s1. The SMILES string of the molecule is N#Cc1cc(-c2cc(NC(=O)C3CC3)ccn2)ccc1O[C@@H]1CCN(C(=O)CO)CC1(F)F. The first-order chi connectivity index (χ1) is 15.8. The van der Waals surface area contributed by atoms with Crippen molar-refractivity contribution in [3.63, 3.8) is 0 Å². The van der Waals surface area contributed by atoms with Gasteiger partial charge < -0.3 is 20.1 Å². The molecule has 0 bridgehead atoms. The highest BCUT2D eigenvalue weighted by atomic mass is 19.3. The van der Waals surface area contributed by atoms with Crippen molar-refractivity contribution in [3.05, 3.63) is 42.1 Å². The molecular weight excluding hydrogens is 434 g/mol. The summed E-state index contributed by atoms with van der Waals surface area (Å²) in [5, 5.41) is 21.3. The van der Waals surface area contributed by atoms with E-state index in [1.165, 1.54) is 18.3 Å². The lowest BCUT2D eigenvalue weighted by Gasteiger charge is -2.38. The van der Waals surface area contributed by atoms with Gasteiger partial charge in [0.15, 0.2) is 6.10 Å². The maximum absolute atomic E-state index is 14.6.